The highest BCUT2D eigenvalue weighted by molar-refractivity contribution is 6.05. The van der Waals surface area contributed by atoms with Crippen LogP contribution in [0.5, 0.6) is 0 Å². The summed E-state index contributed by atoms with van der Waals surface area (Å²) in [5, 5.41) is 6.01. The summed E-state index contributed by atoms with van der Waals surface area (Å²) >= 11 is 0. The summed E-state index contributed by atoms with van der Waals surface area (Å²) in [4.78, 5) is 56.3. The number of likely N-dealkylation sites (tertiary alicyclic amines) is 2. The summed E-state index contributed by atoms with van der Waals surface area (Å²) in [6.07, 6.45) is 8.73. The van der Waals surface area contributed by atoms with E-state index < -0.39 is 0 Å². The zero-order valence-electron chi connectivity index (χ0n) is 23.2. The van der Waals surface area contributed by atoms with Crippen molar-refractivity contribution in [3.05, 3.63) is 59.7 Å². The van der Waals surface area contributed by atoms with Gasteiger partial charge in [-0.1, -0.05) is 24.3 Å². The predicted octanol–water partition coefficient (Wildman–Crippen LogP) is 5.32. The number of hydrogen-bond acceptors (Lipinski definition) is 4. The number of carbonyl (C=O) groups is 4. The normalized spacial score (nSPS) is 21.4. The zero-order valence-corrected chi connectivity index (χ0v) is 23.2. The molecule has 0 unspecified atom stereocenters. The van der Waals surface area contributed by atoms with E-state index in [2.05, 4.69) is 10.6 Å². The Morgan fingerprint density at radius 1 is 0.525 bits per heavy atom. The molecule has 40 heavy (non-hydrogen) atoms. The Labute approximate surface area is 236 Å². The summed E-state index contributed by atoms with van der Waals surface area (Å²) in [5.41, 5.74) is 2.17. The van der Waals surface area contributed by atoms with E-state index in [0.717, 1.165) is 64.7 Å². The fourth-order valence-electron chi connectivity index (χ4n) is 6.18. The molecule has 1 saturated carbocycles. The van der Waals surface area contributed by atoms with Gasteiger partial charge in [0.1, 0.15) is 0 Å². The largest absolute Gasteiger partial charge is 0.339 e. The quantitative estimate of drug-likeness (QED) is 0.514. The van der Waals surface area contributed by atoms with Gasteiger partial charge in [-0.25, -0.2) is 0 Å². The van der Waals surface area contributed by atoms with Gasteiger partial charge in [0.05, 0.1) is 22.5 Å². The maximum atomic E-state index is 13.2. The van der Waals surface area contributed by atoms with Gasteiger partial charge in [-0.3, -0.25) is 19.2 Å². The highest BCUT2D eigenvalue weighted by atomic mass is 16.2. The third-order valence-corrected chi connectivity index (χ3v) is 8.59. The Balaban J connectivity index is 1.16. The lowest BCUT2D eigenvalue weighted by Crippen LogP contribution is -2.37. The van der Waals surface area contributed by atoms with E-state index in [0.29, 0.717) is 48.2 Å². The van der Waals surface area contributed by atoms with Crippen molar-refractivity contribution in [2.45, 2.75) is 64.2 Å². The van der Waals surface area contributed by atoms with Crippen LogP contribution in [0.25, 0.3) is 0 Å². The molecule has 8 nitrogen and oxygen atoms in total. The van der Waals surface area contributed by atoms with Crippen molar-refractivity contribution in [1.82, 2.24) is 9.80 Å². The standard InChI is InChI=1S/C32H40N4O4/c37-29(33-27-13-5-3-11-25(27)31(39)35-19-7-1-8-20-35)23-15-17-24(18-16-23)30(38)34-28-14-6-4-12-26(28)32(40)36-21-9-2-10-22-36/h3-6,11-14,23-24H,1-2,7-10,15-22H2,(H,33,37)(H,34,38). The fourth-order valence-corrected chi connectivity index (χ4v) is 6.18. The van der Waals surface area contributed by atoms with Crippen molar-refractivity contribution < 1.29 is 19.2 Å². The van der Waals surface area contributed by atoms with Crippen molar-refractivity contribution in [3.63, 3.8) is 0 Å². The SMILES string of the molecule is O=C(Nc1ccccc1C(=O)N1CCCCC1)C1CCC(C(=O)Nc2ccccc2C(=O)N2CCCCC2)CC1. The molecule has 2 aliphatic heterocycles. The van der Waals surface area contributed by atoms with E-state index in [1.54, 1.807) is 24.3 Å². The van der Waals surface area contributed by atoms with Crippen LogP contribution >= 0.6 is 0 Å². The first kappa shape index (κ1) is 27.9. The molecule has 1 aliphatic carbocycles. The highest BCUT2D eigenvalue weighted by Crippen LogP contribution is 2.32. The Morgan fingerprint density at radius 2 is 0.875 bits per heavy atom. The van der Waals surface area contributed by atoms with E-state index >= 15 is 0 Å². The number of hydrogen-bond donors (Lipinski definition) is 2. The number of benzene rings is 2. The van der Waals surface area contributed by atoms with E-state index in [4.69, 9.17) is 0 Å². The summed E-state index contributed by atoms with van der Waals surface area (Å²) in [5.74, 6) is -0.694. The first-order valence-electron chi connectivity index (χ1n) is 14.9. The van der Waals surface area contributed by atoms with E-state index in [1.165, 1.54) is 0 Å². The van der Waals surface area contributed by atoms with Crippen LogP contribution < -0.4 is 10.6 Å². The Kier molecular flexibility index (Phi) is 9.14. The fraction of sp³-hybridized carbons (Fsp3) is 0.500. The minimum absolute atomic E-state index is 0.0324. The first-order chi connectivity index (χ1) is 19.5. The molecule has 0 aromatic heterocycles. The van der Waals surface area contributed by atoms with Gasteiger partial charge in [0.15, 0.2) is 0 Å². The van der Waals surface area contributed by atoms with Crippen molar-refractivity contribution in [2.24, 2.45) is 11.8 Å². The van der Waals surface area contributed by atoms with Gasteiger partial charge >= 0.3 is 0 Å². The number of nitrogens with zero attached hydrogens (tertiary/aromatic N) is 2. The molecule has 2 saturated heterocycles. The van der Waals surface area contributed by atoms with Crippen LogP contribution in [0, 0.1) is 11.8 Å². The van der Waals surface area contributed by atoms with Gasteiger partial charge in [0.25, 0.3) is 11.8 Å². The number of piperidine rings is 2. The van der Waals surface area contributed by atoms with Gasteiger partial charge in [0, 0.05) is 38.0 Å². The molecule has 0 radical (unpaired) electrons. The lowest BCUT2D eigenvalue weighted by molar-refractivity contribution is -0.125. The van der Waals surface area contributed by atoms with Gasteiger partial charge < -0.3 is 20.4 Å². The van der Waals surface area contributed by atoms with Crippen LogP contribution in [0.3, 0.4) is 0 Å². The predicted molar refractivity (Wildman–Crippen MR) is 155 cm³/mol. The highest BCUT2D eigenvalue weighted by Gasteiger charge is 2.31. The number of carbonyl (C=O) groups excluding carboxylic acids is 4. The number of para-hydroxylation sites is 2. The first-order valence-corrected chi connectivity index (χ1v) is 14.9. The number of anilines is 2. The molecule has 3 aliphatic rings. The Hall–Kier alpha value is -3.68. The second-order valence-corrected chi connectivity index (χ2v) is 11.3. The lowest BCUT2D eigenvalue weighted by atomic mass is 9.81. The molecule has 0 bridgehead atoms. The average Bonchev–Trinajstić information content (AvgIpc) is 3.02. The van der Waals surface area contributed by atoms with Crippen LogP contribution in [-0.2, 0) is 9.59 Å². The summed E-state index contributed by atoms with van der Waals surface area (Å²) in [7, 11) is 0. The summed E-state index contributed by atoms with van der Waals surface area (Å²) < 4.78 is 0. The van der Waals surface area contributed by atoms with Crippen molar-refractivity contribution >= 4 is 35.0 Å². The molecule has 2 aromatic carbocycles. The molecule has 4 amide bonds. The Morgan fingerprint density at radius 3 is 1.25 bits per heavy atom. The maximum absolute atomic E-state index is 13.2. The molecule has 2 aromatic rings. The van der Waals surface area contributed by atoms with Crippen LogP contribution in [0.4, 0.5) is 11.4 Å². The molecule has 3 fully saturated rings. The van der Waals surface area contributed by atoms with Crippen molar-refractivity contribution in [2.75, 3.05) is 36.8 Å². The van der Waals surface area contributed by atoms with E-state index in [9.17, 15) is 19.2 Å². The smallest absolute Gasteiger partial charge is 0.255 e. The lowest BCUT2D eigenvalue weighted by Gasteiger charge is -2.29. The minimum atomic E-state index is -0.213. The third kappa shape index (κ3) is 6.54. The van der Waals surface area contributed by atoms with Crippen LogP contribution in [0.15, 0.2) is 48.5 Å². The molecule has 212 valence electrons. The maximum Gasteiger partial charge on any atom is 0.255 e. The molecule has 0 spiro atoms. The Bertz CT molecular complexity index is 1130. The van der Waals surface area contributed by atoms with Crippen LogP contribution in [0.1, 0.15) is 84.9 Å². The molecule has 2 N–H and O–H groups in total. The minimum Gasteiger partial charge on any atom is -0.339 e. The van der Waals surface area contributed by atoms with Gasteiger partial charge in [-0.15, -0.1) is 0 Å². The van der Waals surface area contributed by atoms with E-state index in [1.807, 2.05) is 34.1 Å². The second-order valence-electron chi connectivity index (χ2n) is 11.3. The molecular formula is C32H40N4O4. The molecule has 5 rings (SSSR count). The van der Waals surface area contributed by atoms with Crippen LogP contribution in [-0.4, -0.2) is 59.6 Å². The topological polar surface area (TPSA) is 98.8 Å². The molecule has 8 heteroatoms. The van der Waals surface area contributed by atoms with Gasteiger partial charge in [0.2, 0.25) is 11.8 Å². The monoisotopic (exact) mass is 544 g/mol. The second kappa shape index (κ2) is 13.1. The zero-order chi connectivity index (χ0) is 27.9. The molecular weight excluding hydrogens is 504 g/mol. The average molecular weight is 545 g/mol. The van der Waals surface area contributed by atoms with Crippen molar-refractivity contribution in [3.8, 4) is 0 Å². The molecule has 2 heterocycles. The molecule has 0 atom stereocenters. The number of amides is 4. The summed E-state index contributed by atoms with van der Waals surface area (Å²) in [6, 6.07) is 14.5. The number of rotatable bonds is 6. The van der Waals surface area contributed by atoms with Gasteiger partial charge in [-0.2, -0.15) is 0 Å². The van der Waals surface area contributed by atoms with E-state index in [-0.39, 0.29) is 35.5 Å². The van der Waals surface area contributed by atoms with Crippen LogP contribution in [0.2, 0.25) is 0 Å². The summed E-state index contributed by atoms with van der Waals surface area (Å²) in [6.45, 7) is 3.02. The van der Waals surface area contributed by atoms with Crippen molar-refractivity contribution in [1.29, 1.82) is 0 Å². The number of nitrogens with one attached hydrogen (secondary N) is 2. The third-order valence-electron chi connectivity index (χ3n) is 8.59. The van der Waals surface area contributed by atoms with Gasteiger partial charge in [-0.05, 0) is 88.5 Å².